The van der Waals surface area contributed by atoms with Gasteiger partial charge in [-0.05, 0) is 25.8 Å². The summed E-state index contributed by atoms with van der Waals surface area (Å²) in [5.74, 6) is 1.28. The first kappa shape index (κ1) is 12.6. The van der Waals surface area contributed by atoms with Gasteiger partial charge in [-0.3, -0.25) is 0 Å². The highest BCUT2D eigenvalue weighted by atomic mass is 14.9. The molecule has 0 atom stereocenters. The second-order valence-corrected chi connectivity index (χ2v) is 4.58. The Hall–Kier alpha value is -1.90. The Labute approximate surface area is 108 Å². The fourth-order valence-electron chi connectivity index (χ4n) is 2.05. The summed E-state index contributed by atoms with van der Waals surface area (Å²) in [7, 11) is 0. The number of nitrogen functional groups attached to an aromatic ring is 1. The third kappa shape index (κ3) is 2.50. The van der Waals surface area contributed by atoms with Gasteiger partial charge < -0.3 is 5.73 Å². The number of anilines is 1. The van der Waals surface area contributed by atoms with Crippen molar-refractivity contribution in [1.82, 2.24) is 9.97 Å². The molecule has 3 nitrogen and oxygen atoms in total. The van der Waals surface area contributed by atoms with Crippen molar-refractivity contribution in [2.75, 3.05) is 5.73 Å². The largest absolute Gasteiger partial charge is 0.383 e. The molecule has 1 aromatic carbocycles. The molecule has 0 saturated heterocycles. The van der Waals surface area contributed by atoms with Crippen LogP contribution in [0.2, 0.25) is 0 Å². The van der Waals surface area contributed by atoms with Crippen molar-refractivity contribution in [3.63, 3.8) is 0 Å². The van der Waals surface area contributed by atoms with Crippen LogP contribution >= 0.6 is 0 Å². The predicted molar refractivity (Wildman–Crippen MR) is 75.3 cm³/mol. The van der Waals surface area contributed by atoms with E-state index in [1.54, 1.807) is 0 Å². The summed E-state index contributed by atoms with van der Waals surface area (Å²) in [5, 5.41) is 0. The molecule has 0 saturated carbocycles. The summed E-state index contributed by atoms with van der Waals surface area (Å²) in [6.07, 6.45) is 2.28. The van der Waals surface area contributed by atoms with E-state index in [0.717, 1.165) is 29.7 Å². The van der Waals surface area contributed by atoms with Gasteiger partial charge in [-0.15, -0.1) is 0 Å². The molecule has 0 unspecified atom stereocenters. The minimum atomic E-state index is 0.565. The van der Waals surface area contributed by atoms with Gasteiger partial charge in [0.05, 0.1) is 5.69 Å². The molecule has 18 heavy (non-hydrogen) atoms. The Kier molecular flexibility index (Phi) is 3.60. The summed E-state index contributed by atoms with van der Waals surface area (Å²) >= 11 is 0. The zero-order chi connectivity index (χ0) is 13.1. The number of nitrogens with two attached hydrogens (primary N) is 1. The first-order valence-electron chi connectivity index (χ1n) is 6.32. The van der Waals surface area contributed by atoms with E-state index in [9.17, 15) is 0 Å². The normalized spacial score (nSPS) is 10.6. The van der Waals surface area contributed by atoms with Crippen LogP contribution < -0.4 is 5.73 Å². The average Bonchev–Trinajstić information content (AvgIpc) is 2.35. The zero-order valence-electron chi connectivity index (χ0n) is 11.2. The Morgan fingerprint density at radius 1 is 1.06 bits per heavy atom. The van der Waals surface area contributed by atoms with E-state index in [2.05, 4.69) is 41.2 Å². The van der Waals surface area contributed by atoms with Crippen LogP contribution in [0.25, 0.3) is 11.3 Å². The number of rotatable bonds is 3. The summed E-state index contributed by atoms with van der Waals surface area (Å²) in [4.78, 5) is 8.66. The SMILES string of the molecule is CCCc1ccc(-c2nc(C)nc(N)c2C)cc1. The smallest absolute Gasteiger partial charge is 0.130 e. The summed E-state index contributed by atoms with van der Waals surface area (Å²) in [6.45, 7) is 6.02. The van der Waals surface area contributed by atoms with Crippen LogP contribution in [-0.2, 0) is 6.42 Å². The topological polar surface area (TPSA) is 51.8 Å². The molecular weight excluding hydrogens is 222 g/mol. The van der Waals surface area contributed by atoms with Crippen LogP contribution in [0.15, 0.2) is 24.3 Å². The second kappa shape index (κ2) is 5.17. The molecule has 2 aromatic rings. The van der Waals surface area contributed by atoms with Crippen molar-refractivity contribution in [3.8, 4) is 11.3 Å². The Morgan fingerprint density at radius 2 is 1.72 bits per heavy atom. The van der Waals surface area contributed by atoms with E-state index < -0.39 is 0 Å². The fraction of sp³-hybridized carbons (Fsp3) is 0.333. The molecule has 3 heteroatoms. The lowest BCUT2D eigenvalue weighted by Crippen LogP contribution is -2.02. The fourth-order valence-corrected chi connectivity index (χ4v) is 2.05. The molecule has 0 radical (unpaired) electrons. The number of benzene rings is 1. The highest BCUT2D eigenvalue weighted by molar-refractivity contribution is 5.67. The van der Waals surface area contributed by atoms with Gasteiger partial charge in [0, 0.05) is 11.1 Å². The molecule has 2 N–H and O–H groups in total. The summed E-state index contributed by atoms with van der Waals surface area (Å²) in [5.41, 5.74) is 10.2. The number of nitrogens with zero attached hydrogens (tertiary/aromatic N) is 2. The molecule has 1 heterocycles. The van der Waals surface area contributed by atoms with Crippen molar-refractivity contribution in [2.24, 2.45) is 0 Å². The van der Waals surface area contributed by atoms with Crippen LogP contribution in [0.3, 0.4) is 0 Å². The van der Waals surface area contributed by atoms with Crippen molar-refractivity contribution in [2.45, 2.75) is 33.6 Å². The van der Waals surface area contributed by atoms with Gasteiger partial charge in [0.1, 0.15) is 11.6 Å². The minimum Gasteiger partial charge on any atom is -0.383 e. The van der Waals surface area contributed by atoms with E-state index in [1.165, 1.54) is 5.56 Å². The average molecular weight is 241 g/mol. The van der Waals surface area contributed by atoms with Gasteiger partial charge in [0.2, 0.25) is 0 Å². The Morgan fingerprint density at radius 3 is 2.33 bits per heavy atom. The number of hydrogen-bond acceptors (Lipinski definition) is 3. The zero-order valence-corrected chi connectivity index (χ0v) is 11.2. The highest BCUT2D eigenvalue weighted by Crippen LogP contribution is 2.24. The molecule has 1 aromatic heterocycles. The lowest BCUT2D eigenvalue weighted by atomic mass is 10.0. The molecular formula is C15H19N3. The molecule has 0 fully saturated rings. The molecule has 94 valence electrons. The lowest BCUT2D eigenvalue weighted by molar-refractivity contribution is 0.922. The number of hydrogen-bond donors (Lipinski definition) is 1. The summed E-state index contributed by atoms with van der Waals surface area (Å²) in [6, 6.07) is 8.54. The number of aromatic nitrogens is 2. The van der Waals surface area contributed by atoms with E-state index in [0.29, 0.717) is 11.6 Å². The maximum absolute atomic E-state index is 5.89. The van der Waals surface area contributed by atoms with Crippen LogP contribution in [0.1, 0.15) is 30.3 Å². The quantitative estimate of drug-likeness (QED) is 0.897. The van der Waals surface area contributed by atoms with Crippen molar-refractivity contribution >= 4 is 5.82 Å². The first-order chi connectivity index (χ1) is 8.61. The van der Waals surface area contributed by atoms with E-state index >= 15 is 0 Å². The molecule has 0 aliphatic heterocycles. The Balaban J connectivity index is 2.42. The first-order valence-corrected chi connectivity index (χ1v) is 6.32. The summed E-state index contributed by atoms with van der Waals surface area (Å²) < 4.78 is 0. The molecule has 0 aliphatic carbocycles. The van der Waals surface area contributed by atoms with Gasteiger partial charge in [0.25, 0.3) is 0 Å². The van der Waals surface area contributed by atoms with E-state index in [1.807, 2.05) is 13.8 Å². The van der Waals surface area contributed by atoms with Crippen LogP contribution in [0, 0.1) is 13.8 Å². The minimum absolute atomic E-state index is 0.565. The molecule has 0 spiro atoms. The van der Waals surface area contributed by atoms with Crippen molar-refractivity contribution in [3.05, 3.63) is 41.2 Å². The standard InChI is InChI=1S/C15H19N3/c1-4-5-12-6-8-13(9-7-12)14-10(2)15(16)18-11(3)17-14/h6-9H,4-5H2,1-3H3,(H2,16,17,18). The Bertz CT molecular complexity index is 544. The van der Waals surface area contributed by atoms with E-state index in [4.69, 9.17) is 5.73 Å². The van der Waals surface area contributed by atoms with Gasteiger partial charge in [-0.25, -0.2) is 9.97 Å². The molecule has 0 amide bonds. The second-order valence-electron chi connectivity index (χ2n) is 4.58. The monoisotopic (exact) mass is 241 g/mol. The van der Waals surface area contributed by atoms with Crippen LogP contribution in [0.4, 0.5) is 5.82 Å². The van der Waals surface area contributed by atoms with Gasteiger partial charge in [-0.2, -0.15) is 0 Å². The maximum Gasteiger partial charge on any atom is 0.130 e. The maximum atomic E-state index is 5.89. The van der Waals surface area contributed by atoms with Crippen molar-refractivity contribution < 1.29 is 0 Å². The third-order valence-electron chi connectivity index (χ3n) is 3.06. The molecule has 0 aliphatic rings. The van der Waals surface area contributed by atoms with Gasteiger partial charge >= 0.3 is 0 Å². The molecule has 0 bridgehead atoms. The van der Waals surface area contributed by atoms with Gasteiger partial charge in [-0.1, -0.05) is 37.6 Å². The van der Waals surface area contributed by atoms with Gasteiger partial charge in [0.15, 0.2) is 0 Å². The lowest BCUT2D eigenvalue weighted by Gasteiger charge is -2.09. The van der Waals surface area contributed by atoms with E-state index in [-0.39, 0.29) is 0 Å². The highest BCUT2D eigenvalue weighted by Gasteiger charge is 2.08. The predicted octanol–water partition coefficient (Wildman–Crippen LogP) is 3.30. The number of aryl methyl sites for hydroxylation is 2. The third-order valence-corrected chi connectivity index (χ3v) is 3.06. The van der Waals surface area contributed by atoms with Crippen molar-refractivity contribution in [1.29, 1.82) is 0 Å². The van der Waals surface area contributed by atoms with Crippen LogP contribution in [-0.4, -0.2) is 9.97 Å². The molecule has 2 rings (SSSR count). The van der Waals surface area contributed by atoms with Crippen LogP contribution in [0.5, 0.6) is 0 Å².